The van der Waals surface area contributed by atoms with Crippen LogP contribution in [-0.2, 0) is 22.8 Å². The third-order valence-corrected chi connectivity index (χ3v) is 8.61. The SMILES string of the molecule is CCO[Si](CCCCCCOC(=O)/C=C/c1ccc(-c2ccc(OC(F)(F)F)cc2)cc1)(OCC)OCC. The Labute approximate surface area is 224 Å². The molecule has 210 valence electrons. The van der Waals surface area contributed by atoms with E-state index < -0.39 is 21.1 Å². The maximum Gasteiger partial charge on any atom is 0.573 e. The summed E-state index contributed by atoms with van der Waals surface area (Å²) in [5.74, 6) is -0.683. The maximum absolute atomic E-state index is 12.3. The Morgan fingerprint density at radius 2 is 1.32 bits per heavy atom. The highest BCUT2D eigenvalue weighted by atomic mass is 28.4. The number of rotatable bonds is 17. The van der Waals surface area contributed by atoms with Crippen molar-refractivity contribution in [3.05, 3.63) is 60.2 Å². The molecule has 2 aromatic carbocycles. The molecule has 6 nitrogen and oxygen atoms in total. The van der Waals surface area contributed by atoms with Gasteiger partial charge < -0.3 is 22.8 Å². The lowest BCUT2D eigenvalue weighted by Gasteiger charge is -2.28. The number of benzene rings is 2. The molecule has 0 radical (unpaired) electrons. The molecular weight excluding hydrogens is 517 g/mol. The second-order valence-electron chi connectivity index (χ2n) is 8.34. The van der Waals surface area contributed by atoms with E-state index in [9.17, 15) is 18.0 Å². The van der Waals surface area contributed by atoms with Crippen LogP contribution in [0.25, 0.3) is 17.2 Å². The molecule has 0 saturated heterocycles. The van der Waals surface area contributed by atoms with Gasteiger partial charge in [-0.25, -0.2) is 4.79 Å². The van der Waals surface area contributed by atoms with Gasteiger partial charge in [0.25, 0.3) is 0 Å². The molecule has 38 heavy (non-hydrogen) atoms. The first kappa shape index (κ1) is 31.6. The lowest BCUT2D eigenvalue weighted by Crippen LogP contribution is -2.45. The van der Waals surface area contributed by atoms with Crippen molar-refractivity contribution in [2.24, 2.45) is 0 Å². The quantitative estimate of drug-likeness (QED) is 0.0878. The van der Waals surface area contributed by atoms with Gasteiger partial charge >= 0.3 is 21.1 Å². The largest absolute Gasteiger partial charge is 0.573 e. The lowest BCUT2D eigenvalue weighted by atomic mass is 10.0. The van der Waals surface area contributed by atoms with Crippen LogP contribution in [0, 0.1) is 0 Å². The van der Waals surface area contributed by atoms with Gasteiger partial charge in [0.1, 0.15) is 5.75 Å². The second-order valence-corrected chi connectivity index (χ2v) is 11.1. The van der Waals surface area contributed by atoms with E-state index in [-0.39, 0.29) is 5.75 Å². The Kier molecular flexibility index (Phi) is 13.6. The highest BCUT2D eigenvalue weighted by molar-refractivity contribution is 6.60. The van der Waals surface area contributed by atoms with Crippen molar-refractivity contribution in [3.63, 3.8) is 0 Å². The first-order valence-corrected chi connectivity index (χ1v) is 14.9. The van der Waals surface area contributed by atoms with Crippen LogP contribution < -0.4 is 4.74 Å². The predicted octanol–water partition coefficient (Wildman–Crippen LogP) is 7.42. The van der Waals surface area contributed by atoms with Crippen LogP contribution in [0.15, 0.2) is 54.6 Å². The Bertz CT molecular complexity index is 961. The van der Waals surface area contributed by atoms with Gasteiger partial charge in [0.15, 0.2) is 0 Å². The molecule has 0 atom stereocenters. The Hall–Kier alpha value is -2.66. The van der Waals surface area contributed by atoms with Gasteiger partial charge in [-0.2, -0.15) is 0 Å². The molecule has 0 heterocycles. The number of unbranched alkanes of at least 4 members (excludes halogenated alkanes) is 3. The number of carbonyl (C=O) groups is 1. The summed E-state index contributed by atoms with van der Waals surface area (Å²) in [6.07, 6.45) is 1.92. The van der Waals surface area contributed by atoms with E-state index in [1.807, 2.05) is 45.0 Å². The monoisotopic (exact) mass is 554 g/mol. The molecule has 10 heteroatoms. The van der Waals surface area contributed by atoms with Crippen molar-refractivity contribution in [3.8, 4) is 16.9 Å². The van der Waals surface area contributed by atoms with Gasteiger partial charge in [0.05, 0.1) is 6.61 Å². The van der Waals surface area contributed by atoms with Crippen molar-refractivity contribution >= 4 is 20.8 Å². The predicted molar refractivity (Wildman–Crippen MR) is 142 cm³/mol. The fourth-order valence-electron chi connectivity index (χ4n) is 3.82. The van der Waals surface area contributed by atoms with Crippen LogP contribution >= 0.6 is 0 Å². The number of halogens is 3. The van der Waals surface area contributed by atoms with Gasteiger partial charge in [-0.05, 0) is 68.5 Å². The molecule has 0 aliphatic rings. The summed E-state index contributed by atoms with van der Waals surface area (Å²) in [5, 5.41) is 0. The van der Waals surface area contributed by atoms with Crippen LogP contribution in [0.3, 0.4) is 0 Å². The second kappa shape index (κ2) is 16.3. The molecule has 0 fully saturated rings. The molecule has 0 aliphatic heterocycles. The van der Waals surface area contributed by atoms with Crippen molar-refractivity contribution in [2.75, 3.05) is 26.4 Å². The van der Waals surface area contributed by atoms with Crippen LogP contribution in [-0.4, -0.2) is 47.6 Å². The normalized spacial score (nSPS) is 12.2. The Morgan fingerprint density at radius 1 is 0.789 bits per heavy atom. The zero-order chi connectivity index (χ0) is 27.9. The van der Waals surface area contributed by atoms with Gasteiger partial charge in [0, 0.05) is 31.9 Å². The number of hydrogen-bond donors (Lipinski definition) is 0. The van der Waals surface area contributed by atoms with Gasteiger partial charge in [0.2, 0.25) is 0 Å². The summed E-state index contributed by atoms with van der Waals surface area (Å²) < 4.78 is 63.6. The Balaban J connectivity index is 1.70. The standard InChI is InChI=1S/C28H37F3O6Si/c1-4-34-38(35-5-2,36-6-3)22-10-8-7-9-21-33-27(32)20-13-23-11-14-24(15-12-23)25-16-18-26(19-17-25)37-28(29,30)31/h11-20H,4-10,21-22H2,1-3H3/b20-13+. The van der Waals surface area contributed by atoms with Crippen LogP contribution in [0.1, 0.15) is 52.0 Å². The van der Waals surface area contributed by atoms with E-state index in [0.29, 0.717) is 26.4 Å². The zero-order valence-corrected chi connectivity index (χ0v) is 23.2. The van der Waals surface area contributed by atoms with Crippen LogP contribution in [0.5, 0.6) is 5.75 Å². The molecule has 2 aromatic rings. The van der Waals surface area contributed by atoms with Crippen molar-refractivity contribution < 1.29 is 40.7 Å². The topological polar surface area (TPSA) is 63.2 Å². The number of hydrogen-bond acceptors (Lipinski definition) is 6. The van der Waals surface area contributed by atoms with E-state index in [0.717, 1.165) is 48.4 Å². The summed E-state index contributed by atoms with van der Waals surface area (Å²) in [6.45, 7) is 7.88. The summed E-state index contributed by atoms with van der Waals surface area (Å²) in [7, 11) is -2.60. The maximum atomic E-state index is 12.3. The molecule has 0 unspecified atom stereocenters. The lowest BCUT2D eigenvalue weighted by molar-refractivity contribution is -0.274. The van der Waals surface area contributed by atoms with E-state index in [4.69, 9.17) is 18.0 Å². The average Bonchev–Trinajstić information content (AvgIpc) is 2.87. The number of carbonyl (C=O) groups excluding carboxylic acids is 1. The average molecular weight is 555 g/mol. The molecule has 0 bridgehead atoms. The van der Waals surface area contributed by atoms with Gasteiger partial charge in [-0.1, -0.05) is 49.2 Å². The molecule has 0 amide bonds. The third-order valence-electron chi connectivity index (χ3n) is 5.46. The summed E-state index contributed by atoms with van der Waals surface area (Å²) >= 11 is 0. The zero-order valence-electron chi connectivity index (χ0n) is 22.2. The third kappa shape index (κ3) is 11.8. The van der Waals surface area contributed by atoms with Gasteiger partial charge in [-0.15, -0.1) is 13.2 Å². The van der Waals surface area contributed by atoms with E-state index in [1.165, 1.54) is 18.2 Å². The van der Waals surface area contributed by atoms with Crippen LogP contribution in [0.2, 0.25) is 6.04 Å². The minimum Gasteiger partial charge on any atom is -0.463 e. The molecule has 0 N–H and O–H groups in total. The van der Waals surface area contributed by atoms with E-state index >= 15 is 0 Å². The molecule has 0 aromatic heterocycles. The minimum atomic E-state index is -4.72. The smallest absolute Gasteiger partial charge is 0.463 e. The number of alkyl halides is 3. The molecule has 0 saturated carbocycles. The molecule has 2 rings (SSSR count). The first-order valence-electron chi connectivity index (χ1n) is 12.9. The molecular formula is C28H37F3O6Si. The fraction of sp³-hybridized carbons (Fsp3) is 0.464. The van der Waals surface area contributed by atoms with E-state index in [1.54, 1.807) is 18.2 Å². The van der Waals surface area contributed by atoms with Gasteiger partial charge in [-0.3, -0.25) is 0 Å². The van der Waals surface area contributed by atoms with Crippen molar-refractivity contribution in [1.82, 2.24) is 0 Å². The van der Waals surface area contributed by atoms with Crippen molar-refractivity contribution in [2.45, 2.75) is 58.9 Å². The number of ether oxygens (including phenoxy) is 2. The summed E-state index contributed by atoms with van der Waals surface area (Å²) in [6, 6.07) is 13.7. The van der Waals surface area contributed by atoms with Crippen LogP contribution in [0.4, 0.5) is 13.2 Å². The summed E-state index contributed by atoms with van der Waals surface area (Å²) in [5.41, 5.74) is 2.37. The Morgan fingerprint density at radius 3 is 1.84 bits per heavy atom. The highest BCUT2D eigenvalue weighted by Crippen LogP contribution is 2.27. The number of esters is 1. The fourth-order valence-corrected chi connectivity index (χ4v) is 6.50. The molecule has 0 spiro atoms. The highest BCUT2D eigenvalue weighted by Gasteiger charge is 2.39. The van der Waals surface area contributed by atoms with E-state index in [2.05, 4.69) is 4.74 Å². The minimum absolute atomic E-state index is 0.271. The first-order chi connectivity index (χ1) is 18.2. The van der Waals surface area contributed by atoms with Crippen molar-refractivity contribution in [1.29, 1.82) is 0 Å². The summed E-state index contributed by atoms with van der Waals surface area (Å²) in [4.78, 5) is 12.0. The molecule has 0 aliphatic carbocycles.